The maximum absolute atomic E-state index is 10.4. The van der Waals surface area contributed by atoms with Crippen molar-refractivity contribution in [3.63, 3.8) is 0 Å². The number of aromatic hydroxyl groups is 2. The number of phenols is 2. The molecule has 0 saturated carbocycles. The van der Waals surface area contributed by atoms with Crippen LogP contribution in [0.15, 0.2) is 24.3 Å². The fourth-order valence-corrected chi connectivity index (χ4v) is 3.84. The van der Waals surface area contributed by atoms with E-state index < -0.39 is 0 Å². The van der Waals surface area contributed by atoms with Crippen molar-refractivity contribution in [2.75, 3.05) is 0 Å². The lowest BCUT2D eigenvalue weighted by atomic mass is 9.78. The van der Waals surface area contributed by atoms with Gasteiger partial charge in [-0.05, 0) is 57.8 Å². The first kappa shape index (κ1) is 32.6. The van der Waals surface area contributed by atoms with Crippen LogP contribution in [0.5, 0.6) is 11.5 Å². The number of rotatable bonds is 0. The molecule has 34 heavy (non-hydrogen) atoms. The second kappa shape index (κ2) is 11.5. The largest absolute Gasteiger partial charge is 0.507 e. The molecule has 2 rings (SSSR count). The molecule has 0 aliphatic carbocycles. The monoisotopic (exact) mass is 482 g/mol. The third-order valence-corrected chi connectivity index (χ3v) is 5.74. The van der Waals surface area contributed by atoms with Gasteiger partial charge in [-0.2, -0.15) is 0 Å². The fourth-order valence-electron chi connectivity index (χ4n) is 3.84. The van der Waals surface area contributed by atoms with Crippen molar-refractivity contribution in [3.05, 3.63) is 57.6 Å². The summed E-state index contributed by atoms with van der Waals surface area (Å²) in [6.45, 7) is 29.8. The summed E-state index contributed by atoms with van der Waals surface area (Å²) in [5.41, 5.74) is 6.52. The lowest BCUT2D eigenvalue weighted by Crippen LogP contribution is -2.17. The normalized spacial score (nSPS) is 12.3. The van der Waals surface area contributed by atoms with Gasteiger partial charge in [0.05, 0.1) is 0 Å². The van der Waals surface area contributed by atoms with Crippen LogP contribution in [0, 0.1) is 13.8 Å². The molecule has 0 aliphatic rings. The van der Waals surface area contributed by atoms with Gasteiger partial charge in [0, 0.05) is 0 Å². The average molecular weight is 483 g/mol. The Morgan fingerprint density at radius 2 is 0.588 bits per heavy atom. The van der Waals surface area contributed by atoms with Gasteiger partial charge in [0.1, 0.15) is 27.8 Å². The van der Waals surface area contributed by atoms with Crippen molar-refractivity contribution in [2.45, 2.75) is 124 Å². The van der Waals surface area contributed by atoms with E-state index in [4.69, 9.17) is 0 Å². The van der Waals surface area contributed by atoms with E-state index in [-0.39, 0.29) is 21.7 Å². The first-order valence-electron chi connectivity index (χ1n) is 12.3. The second-order valence-corrected chi connectivity index (χ2v) is 13.4. The van der Waals surface area contributed by atoms with Crippen LogP contribution in [0.3, 0.4) is 0 Å². The van der Waals surface area contributed by atoms with Crippen LogP contribution in [-0.2, 0) is 21.7 Å². The minimum absolute atomic E-state index is 0.0178. The SMILES string of the molecule is Cc1cc(C(C)(C)C)c(O)c(C(C)(C)C)c1.Cc1cc(C(C)(C)C)c(O)c(C(C)(C)C)c1.[CH3][Al]. The number of hydrogen-bond donors (Lipinski definition) is 2. The first-order valence-corrected chi connectivity index (χ1v) is 13.5. The Morgan fingerprint density at radius 3 is 0.706 bits per heavy atom. The number of phenolic OH excluding ortho intramolecular Hbond substituents is 2. The van der Waals surface area contributed by atoms with Crippen LogP contribution in [0.2, 0.25) is 5.79 Å². The lowest BCUT2D eigenvalue weighted by molar-refractivity contribution is 0.422. The predicted molar refractivity (Wildman–Crippen MR) is 152 cm³/mol. The summed E-state index contributed by atoms with van der Waals surface area (Å²) >= 11 is 2.42. The van der Waals surface area contributed by atoms with Crippen molar-refractivity contribution in [2.24, 2.45) is 0 Å². The third-order valence-electron chi connectivity index (χ3n) is 5.74. The highest BCUT2D eigenvalue weighted by atomic mass is 27.0. The molecule has 3 heteroatoms. The van der Waals surface area contributed by atoms with Gasteiger partial charge in [-0.3, -0.25) is 0 Å². The Kier molecular flexibility index (Phi) is 11.1. The van der Waals surface area contributed by atoms with E-state index in [9.17, 15) is 10.2 Å². The maximum Gasteiger partial charge on any atom is 0.123 e. The van der Waals surface area contributed by atoms with Gasteiger partial charge in [0.2, 0.25) is 0 Å². The predicted octanol–water partition coefficient (Wildman–Crippen LogP) is 8.79. The van der Waals surface area contributed by atoms with Crippen LogP contribution < -0.4 is 0 Å². The number of hydrogen-bond acceptors (Lipinski definition) is 2. The zero-order valence-corrected chi connectivity index (χ0v) is 25.9. The Hall–Kier alpha value is -1.43. The maximum atomic E-state index is 10.4. The van der Waals surface area contributed by atoms with E-state index in [1.165, 1.54) is 11.1 Å². The van der Waals surface area contributed by atoms with Gasteiger partial charge in [0.15, 0.2) is 0 Å². The molecular weight excluding hydrogens is 431 g/mol. The van der Waals surface area contributed by atoms with Gasteiger partial charge in [-0.25, -0.2) is 0 Å². The highest BCUT2D eigenvalue weighted by Gasteiger charge is 2.26. The van der Waals surface area contributed by atoms with Crippen LogP contribution in [-0.4, -0.2) is 26.5 Å². The molecule has 0 aliphatic heterocycles. The van der Waals surface area contributed by atoms with E-state index >= 15 is 0 Å². The molecule has 2 nitrogen and oxygen atoms in total. The molecule has 2 aromatic carbocycles. The molecule has 2 radical (unpaired) electrons. The summed E-state index contributed by atoms with van der Waals surface area (Å²) in [6.07, 6.45) is 0. The Bertz CT molecular complexity index is 794. The standard InChI is InChI=1S/2C15H24O.CH3.Al/c2*1-10-8-11(14(2,3)4)13(16)12(9-10)15(5,6)7;;/h2*8-9,16H,1-7H3;1H3;. The van der Waals surface area contributed by atoms with Crippen LogP contribution in [0.1, 0.15) is 116 Å². The lowest BCUT2D eigenvalue weighted by Gasteiger charge is -2.27. The summed E-state index contributed by atoms with van der Waals surface area (Å²) in [5, 5.41) is 20.8. The summed E-state index contributed by atoms with van der Waals surface area (Å²) < 4.78 is 0. The molecule has 2 aromatic rings. The van der Waals surface area contributed by atoms with E-state index in [0.29, 0.717) is 11.5 Å². The molecule has 0 aromatic heterocycles. The van der Waals surface area contributed by atoms with Crippen LogP contribution in [0.25, 0.3) is 0 Å². The van der Waals surface area contributed by atoms with Gasteiger partial charge in [-0.15, -0.1) is 5.79 Å². The third kappa shape index (κ3) is 8.98. The summed E-state index contributed by atoms with van der Waals surface area (Å²) in [7, 11) is 0. The quantitative estimate of drug-likeness (QED) is 0.368. The van der Waals surface area contributed by atoms with Gasteiger partial charge < -0.3 is 10.2 Å². The summed E-state index contributed by atoms with van der Waals surface area (Å²) in [4.78, 5) is 0. The topological polar surface area (TPSA) is 40.5 Å². The molecule has 0 bridgehead atoms. The van der Waals surface area contributed by atoms with Crippen molar-refractivity contribution in [1.29, 1.82) is 0 Å². The highest BCUT2D eigenvalue weighted by molar-refractivity contribution is 6.05. The summed E-state index contributed by atoms with van der Waals surface area (Å²) in [5.74, 6) is 2.84. The molecule has 0 unspecified atom stereocenters. The van der Waals surface area contributed by atoms with Gasteiger partial charge in [0.25, 0.3) is 0 Å². The average Bonchev–Trinajstić information content (AvgIpc) is 2.63. The zero-order chi connectivity index (χ0) is 27.4. The molecule has 0 saturated heterocycles. The van der Waals surface area contributed by atoms with E-state index in [2.05, 4.69) is 137 Å². The Labute approximate surface area is 219 Å². The highest BCUT2D eigenvalue weighted by Crippen LogP contribution is 2.40. The molecule has 2 N–H and O–H groups in total. The van der Waals surface area contributed by atoms with Crippen molar-refractivity contribution in [1.82, 2.24) is 0 Å². The molecule has 0 atom stereocenters. The van der Waals surface area contributed by atoms with E-state index in [1.54, 1.807) is 0 Å². The Morgan fingerprint density at radius 1 is 0.441 bits per heavy atom. The minimum atomic E-state index is -0.0178. The van der Waals surface area contributed by atoms with Gasteiger partial charge >= 0.3 is 0 Å². The molecule has 0 amide bonds. The minimum Gasteiger partial charge on any atom is -0.507 e. The van der Waals surface area contributed by atoms with Crippen molar-refractivity contribution >= 4 is 16.3 Å². The number of benzene rings is 2. The molecule has 0 spiro atoms. The first-order chi connectivity index (χ1) is 15.1. The fraction of sp³-hybridized carbons (Fsp3) is 0.613. The van der Waals surface area contributed by atoms with Crippen molar-refractivity contribution in [3.8, 4) is 11.5 Å². The zero-order valence-electron chi connectivity index (χ0n) is 24.8. The summed E-state index contributed by atoms with van der Waals surface area (Å²) in [6, 6.07) is 8.35. The second-order valence-electron chi connectivity index (χ2n) is 13.4. The van der Waals surface area contributed by atoms with Crippen LogP contribution in [0.4, 0.5) is 0 Å². The number of aryl methyl sites for hydroxylation is 2. The van der Waals surface area contributed by atoms with Crippen LogP contribution >= 0.6 is 0 Å². The molecular formula is C31H51AlO2. The Balaban J connectivity index is 0.000000597. The van der Waals surface area contributed by atoms with Gasteiger partial charge in [-0.1, -0.05) is 118 Å². The van der Waals surface area contributed by atoms with E-state index in [0.717, 1.165) is 22.3 Å². The molecule has 0 heterocycles. The molecule has 190 valence electrons. The smallest absolute Gasteiger partial charge is 0.123 e. The van der Waals surface area contributed by atoms with E-state index in [1.807, 2.05) is 5.79 Å². The molecule has 0 fully saturated rings. The van der Waals surface area contributed by atoms with Crippen molar-refractivity contribution < 1.29 is 10.2 Å².